The van der Waals surface area contributed by atoms with Crippen LogP contribution in [0.2, 0.25) is 0 Å². The van der Waals surface area contributed by atoms with Crippen LogP contribution in [-0.4, -0.2) is 21.0 Å². The molecule has 13 heavy (non-hydrogen) atoms. The Kier molecular flexibility index (Phi) is 2.46. The number of carbonyl (C=O) groups is 1. The summed E-state index contributed by atoms with van der Waals surface area (Å²) in [4.78, 5) is 27.7. The zero-order valence-electron chi connectivity index (χ0n) is 7.37. The summed E-state index contributed by atoms with van der Waals surface area (Å²) in [6.07, 6.45) is 0. The third-order valence-corrected chi connectivity index (χ3v) is 1.53. The van der Waals surface area contributed by atoms with Crippen molar-refractivity contribution in [1.82, 2.24) is 9.97 Å². The van der Waals surface area contributed by atoms with Crippen LogP contribution in [0.5, 0.6) is 0 Å². The van der Waals surface area contributed by atoms with Crippen molar-refractivity contribution < 1.29 is 9.90 Å². The number of aromatic carboxylic acids is 1. The first-order chi connectivity index (χ1) is 6.00. The van der Waals surface area contributed by atoms with E-state index < -0.39 is 11.5 Å². The normalized spacial score (nSPS) is 10.4. The lowest BCUT2D eigenvalue weighted by Gasteiger charge is -2.03. The van der Waals surface area contributed by atoms with Crippen LogP contribution in [0.25, 0.3) is 0 Å². The third kappa shape index (κ3) is 2.14. The summed E-state index contributed by atoms with van der Waals surface area (Å²) in [7, 11) is 0. The molecule has 0 saturated heterocycles. The van der Waals surface area contributed by atoms with Crippen LogP contribution in [0.1, 0.15) is 36.1 Å². The van der Waals surface area contributed by atoms with Gasteiger partial charge in [0.2, 0.25) is 0 Å². The van der Waals surface area contributed by atoms with E-state index in [1.54, 1.807) is 0 Å². The fourth-order valence-corrected chi connectivity index (χ4v) is 0.859. The van der Waals surface area contributed by atoms with Crippen LogP contribution in [0.3, 0.4) is 0 Å². The fraction of sp³-hybridized carbons (Fsp3) is 0.375. The van der Waals surface area contributed by atoms with Crippen molar-refractivity contribution in [3.63, 3.8) is 0 Å². The molecule has 0 saturated carbocycles. The van der Waals surface area contributed by atoms with Gasteiger partial charge in [0.25, 0.3) is 5.56 Å². The predicted octanol–water partition coefficient (Wildman–Crippen LogP) is 0.591. The van der Waals surface area contributed by atoms with Gasteiger partial charge in [-0.15, -0.1) is 0 Å². The van der Waals surface area contributed by atoms with E-state index in [4.69, 9.17) is 5.11 Å². The smallest absolute Gasteiger partial charge is 0.354 e. The number of rotatable bonds is 2. The van der Waals surface area contributed by atoms with Gasteiger partial charge in [0.05, 0.1) is 0 Å². The van der Waals surface area contributed by atoms with Crippen molar-refractivity contribution in [3.05, 3.63) is 27.9 Å². The van der Waals surface area contributed by atoms with Crippen LogP contribution in [0.15, 0.2) is 10.9 Å². The molecular formula is C8H10N2O3. The second-order valence-electron chi connectivity index (χ2n) is 2.98. The van der Waals surface area contributed by atoms with Gasteiger partial charge >= 0.3 is 5.97 Å². The second-order valence-corrected chi connectivity index (χ2v) is 2.98. The van der Waals surface area contributed by atoms with Crippen molar-refractivity contribution >= 4 is 5.97 Å². The molecule has 0 radical (unpaired) electrons. The van der Waals surface area contributed by atoms with E-state index in [9.17, 15) is 9.59 Å². The zero-order chi connectivity index (χ0) is 10.0. The standard InChI is InChI=1S/C8H10N2O3/c1-4(2)7-9-5(8(12)13)3-6(11)10-7/h3-4H,1-2H3,(H,12,13)(H,9,10,11). The van der Waals surface area contributed by atoms with Gasteiger partial charge in [-0.1, -0.05) is 13.8 Å². The van der Waals surface area contributed by atoms with Crippen LogP contribution >= 0.6 is 0 Å². The number of aromatic nitrogens is 2. The molecule has 0 aromatic carbocycles. The first kappa shape index (κ1) is 9.44. The van der Waals surface area contributed by atoms with Gasteiger partial charge in [0.15, 0.2) is 5.69 Å². The molecule has 1 heterocycles. The molecule has 5 nitrogen and oxygen atoms in total. The van der Waals surface area contributed by atoms with E-state index in [1.807, 2.05) is 13.8 Å². The molecule has 0 aliphatic carbocycles. The number of carboxylic acid groups (broad SMARTS) is 1. The molecule has 70 valence electrons. The summed E-state index contributed by atoms with van der Waals surface area (Å²) in [6, 6.07) is 0.966. The number of aromatic amines is 1. The lowest BCUT2D eigenvalue weighted by Crippen LogP contribution is -2.16. The van der Waals surface area contributed by atoms with Crippen LogP contribution < -0.4 is 5.56 Å². The number of carboxylic acids is 1. The van der Waals surface area contributed by atoms with Gasteiger partial charge in [-0.2, -0.15) is 0 Å². The van der Waals surface area contributed by atoms with E-state index in [0.29, 0.717) is 5.82 Å². The van der Waals surface area contributed by atoms with Gasteiger partial charge < -0.3 is 10.1 Å². The molecule has 0 bridgehead atoms. The SMILES string of the molecule is CC(C)c1nc(C(=O)O)cc(=O)[nH]1. The quantitative estimate of drug-likeness (QED) is 0.701. The van der Waals surface area contributed by atoms with Crippen molar-refractivity contribution in [2.45, 2.75) is 19.8 Å². The molecule has 0 aliphatic rings. The maximum atomic E-state index is 11.0. The Hall–Kier alpha value is -1.65. The Morgan fingerprint density at radius 1 is 1.62 bits per heavy atom. The average Bonchev–Trinajstić information content (AvgIpc) is 2.03. The monoisotopic (exact) mass is 182 g/mol. The number of nitrogens with one attached hydrogen (secondary N) is 1. The minimum absolute atomic E-state index is 0.00648. The van der Waals surface area contributed by atoms with E-state index in [2.05, 4.69) is 9.97 Å². The molecule has 0 spiro atoms. The Balaban J connectivity index is 3.27. The minimum Gasteiger partial charge on any atom is -0.477 e. The fourth-order valence-electron chi connectivity index (χ4n) is 0.859. The highest BCUT2D eigenvalue weighted by atomic mass is 16.4. The summed E-state index contributed by atoms with van der Waals surface area (Å²) in [6.45, 7) is 3.65. The minimum atomic E-state index is -1.19. The molecular weight excluding hydrogens is 172 g/mol. The summed E-state index contributed by atoms with van der Waals surface area (Å²) in [5.74, 6) is -0.787. The molecule has 0 atom stereocenters. The van der Waals surface area contributed by atoms with Crippen molar-refractivity contribution in [1.29, 1.82) is 0 Å². The number of H-pyrrole nitrogens is 1. The van der Waals surface area contributed by atoms with E-state index >= 15 is 0 Å². The van der Waals surface area contributed by atoms with Crippen LogP contribution in [-0.2, 0) is 0 Å². The molecule has 0 fully saturated rings. The summed E-state index contributed by atoms with van der Waals surface area (Å²) in [5.41, 5.74) is -0.649. The molecule has 1 aromatic heterocycles. The maximum Gasteiger partial charge on any atom is 0.354 e. The molecule has 0 aliphatic heterocycles. The summed E-state index contributed by atoms with van der Waals surface area (Å²) in [5, 5.41) is 8.60. The molecule has 2 N–H and O–H groups in total. The Morgan fingerprint density at radius 2 is 2.23 bits per heavy atom. The largest absolute Gasteiger partial charge is 0.477 e. The van der Waals surface area contributed by atoms with Crippen molar-refractivity contribution in [3.8, 4) is 0 Å². The Bertz CT molecular complexity index is 381. The highest BCUT2D eigenvalue weighted by Crippen LogP contribution is 2.06. The molecule has 1 aromatic rings. The Morgan fingerprint density at radius 3 is 2.69 bits per heavy atom. The number of nitrogens with zero attached hydrogens (tertiary/aromatic N) is 1. The summed E-state index contributed by atoms with van der Waals surface area (Å²) >= 11 is 0. The van der Waals surface area contributed by atoms with E-state index in [1.165, 1.54) is 0 Å². The first-order valence-electron chi connectivity index (χ1n) is 3.85. The lowest BCUT2D eigenvalue weighted by molar-refractivity contribution is 0.0689. The number of hydrogen-bond donors (Lipinski definition) is 2. The second kappa shape index (κ2) is 3.38. The van der Waals surface area contributed by atoms with Gasteiger partial charge in [0, 0.05) is 12.0 Å². The van der Waals surface area contributed by atoms with Crippen molar-refractivity contribution in [2.24, 2.45) is 0 Å². The Labute approximate surface area is 74.4 Å². The van der Waals surface area contributed by atoms with Gasteiger partial charge in [-0.25, -0.2) is 9.78 Å². The van der Waals surface area contributed by atoms with E-state index in [-0.39, 0.29) is 11.6 Å². The highest BCUT2D eigenvalue weighted by molar-refractivity contribution is 5.85. The topological polar surface area (TPSA) is 83.0 Å². The van der Waals surface area contributed by atoms with Crippen LogP contribution in [0, 0.1) is 0 Å². The highest BCUT2D eigenvalue weighted by Gasteiger charge is 2.09. The van der Waals surface area contributed by atoms with E-state index in [0.717, 1.165) is 6.07 Å². The molecule has 0 unspecified atom stereocenters. The van der Waals surface area contributed by atoms with Gasteiger partial charge in [0.1, 0.15) is 5.82 Å². The molecule has 1 rings (SSSR count). The molecule has 0 amide bonds. The summed E-state index contributed by atoms with van der Waals surface area (Å²) < 4.78 is 0. The average molecular weight is 182 g/mol. The molecule has 5 heteroatoms. The number of hydrogen-bond acceptors (Lipinski definition) is 3. The third-order valence-electron chi connectivity index (χ3n) is 1.53. The predicted molar refractivity (Wildman–Crippen MR) is 45.9 cm³/mol. The zero-order valence-corrected chi connectivity index (χ0v) is 7.37. The maximum absolute atomic E-state index is 11.0. The van der Waals surface area contributed by atoms with Gasteiger partial charge in [-0.05, 0) is 0 Å². The lowest BCUT2D eigenvalue weighted by atomic mass is 10.2. The first-order valence-corrected chi connectivity index (χ1v) is 3.85. The van der Waals surface area contributed by atoms with Crippen molar-refractivity contribution in [2.75, 3.05) is 0 Å². The van der Waals surface area contributed by atoms with Crippen LogP contribution in [0.4, 0.5) is 0 Å². The van der Waals surface area contributed by atoms with Gasteiger partial charge in [-0.3, -0.25) is 4.79 Å².